The van der Waals surface area contributed by atoms with Gasteiger partial charge in [-0.3, -0.25) is 4.79 Å². The lowest BCUT2D eigenvalue weighted by molar-refractivity contribution is -0.137. The summed E-state index contributed by atoms with van der Waals surface area (Å²) in [5, 5.41) is 8.86. The van der Waals surface area contributed by atoms with Gasteiger partial charge in [-0.2, -0.15) is 0 Å². The summed E-state index contributed by atoms with van der Waals surface area (Å²) >= 11 is 0. The number of ether oxygens (including phenoxy) is 2. The Labute approximate surface area is 150 Å². The predicted molar refractivity (Wildman–Crippen MR) is 96.7 cm³/mol. The molecule has 0 aliphatic heterocycles. The number of hydrogen-bond donors (Lipinski definition) is 1. The highest BCUT2D eigenvalue weighted by Gasteiger charge is 2.54. The van der Waals surface area contributed by atoms with E-state index in [-0.39, 0.29) is 18.1 Å². The van der Waals surface area contributed by atoms with E-state index in [1.165, 1.54) is 12.8 Å². The SMILES string of the molecule is CC(C)Oc1cccc(COC23CCC(CCCC(=O)O)(CC2)C3)c1. The van der Waals surface area contributed by atoms with Crippen LogP contribution < -0.4 is 4.74 Å². The van der Waals surface area contributed by atoms with Gasteiger partial charge in [0.15, 0.2) is 0 Å². The fourth-order valence-electron chi connectivity index (χ4n) is 4.64. The first-order valence-corrected chi connectivity index (χ1v) is 9.52. The number of carboxylic acids is 1. The smallest absolute Gasteiger partial charge is 0.303 e. The van der Waals surface area contributed by atoms with Crippen molar-refractivity contribution >= 4 is 5.97 Å². The summed E-state index contributed by atoms with van der Waals surface area (Å²) in [5.41, 5.74) is 1.50. The summed E-state index contributed by atoms with van der Waals surface area (Å²) in [6.07, 6.45) is 7.98. The molecule has 0 unspecified atom stereocenters. The Kier molecular flexibility index (Phi) is 5.38. The fourth-order valence-corrected chi connectivity index (χ4v) is 4.64. The normalized spacial score (nSPS) is 27.8. The van der Waals surface area contributed by atoms with Crippen LogP contribution in [0, 0.1) is 5.41 Å². The molecular formula is C21H30O4. The number of carboxylic acid groups (broad SMARTS) is 1. The molecule has 0 radical (unpaired) electrons. The highest BCUT2D eigenvalue weighted by atomic mass is 16.5. The molecule has 4 heteroatoms. The summed E-state index contributed by atoms with van der Waals surface area (Å²) in [4.78, 5) is 10.8. The lowest BCUT2D eigenvalue weighted by atomic mass is 9.80. The molecule has 25 heavy (non-hydrogen) atoms. The van der Waals surface area contributed by atoms with Crippen LogP contribution >= 0.6 is 0 Å². The molecule has 0 saturated heterocycles. The van der Waals surface area contributed by atoms with Gasteiger partial charge in [-0.1, -0.05) is 12.1 Å². The van der Waals surface area contributed by atoms with Crippen LogP contribution in [-0.2, 0) is 16.1 Å². The molecule has 0 aromatic heterocycles. The first-order valence-electron chi connectivity index (χ1n) is 9.52. The topological polar surface area (TPSA) is 55.8 Å². The first-order chi connectivity index (χ1) is 11.9. The number of aliphatic carboxylic acids is 1. The Hall–Kier alpha value is -1.55. The summed E-state index contributed by atoms with van der Waals surface area (Å²) in [6.45, 7) is 4.69. The van der Waals surface area contributed by atoms with E-state index in [9.17, 15) is 4.79 Å². The van der Waals surface area contributed by atoms with E-state index in [0.29, 0.717) is 12.0 Å². The average molecular weight is 346 g/mol. The molecule has 138 valence electrons. The zero-order chi connectivity index (χ0) is 17.9. The molecule has 0 spiro atoms. The Morgan fingerprint density at radius 1 is 1.24 bits per heavy atom. The zero-order valence-electron chi connectivity index (χ0n) is 15.4. The van der Waals surface area contributed by atoms with Crippen LogP contribution in [0.25, 0.3) is 0 Å². The van der Waals surface area contributed by atoms with Crippen LogP contribution in [0.4, 0.5) is 0 Å². The minimum atomic E-state index is -0.682. The zero-order valence-corrected chi connectivity index (χ0v) is 15.4. The Morgan fingerprint density at radius 2 is 2.00 bits per heavy atom. The number of carbonyl (C=O) groups is 1. The third-order valence-corrected chi connectivity index (χ3v) is 5.83. The van der Waals surface area contributed by atoms with Crippen LogP contribution in [0.3, 0.4) is 0 Å². The van der Waals surface area contributed by atoms with Gasteiger partial charge in [-0.25, -0.2) is 0 Å². The van der Waals surface area contributed by atoms with E-state index in [2.05, 4.69) is 12.1 Å². The summed E-state index contributed by atoms with van der Waals surface area (Å²) < 4.78 is 12.2. The van der Waals surface area contributed by atoms with Crippen molar-refractivity contribution in [2.24, 2.45) is 5.41 Å². The highest BCUT2D eigenvalue weighted by molar-refractivity contribution is 5.66. The standard InChI is InChI=1S/C21H30O4/c1-16(2)25-18-6-3-5-17(13-18)14-24-21-11-9-20(15-21,10-12-21)8-4-7-19(22)23/h3,5-6,13,16H,4,7-12,14-15H2,1-2H3,(H,22,23). The van der Waals surface area contributed by atoms with Crippen molar-refractivity contribution in [2.75, 3.05) is 0 Å². The van der Waals surface area contributed by atoms with Crippen molar-refractivity contribution in [3.8, 4) is 5.75 Å². The largest absolute Gasteiger partial charge is 0.491 e. The molecule has 2 bridgehead atoms. The average Bonchev–Trinajstić information content (AvgIpc) is 3.09. The summed E-state index contributed by atoms with van der Waals surface area (Å²) in [7, 11) is 0. The molecule has 3 rings (SSSR count). The predicted octanol–water partition coefficient (Wildman–Crippen LogP) is 4.95. The summed E-state index contributed by atoms with van der Waals surface area (Å²) in [5.74, 6) is 0.216. The molecule has 1 aromatic carbocycles. The lowest BCUT2D eigenvalue weighted by Crippen LogP contribution is -2.26. The van der Waals surface area contributed by atoms with Crippen LogP contribution in [0.15, 0.2) is 24.3 Å². The van der Waals surface area contributed by atoms with Gasteiger partial charge in [-0.05, 0) is 81.9 Å². The molecule has 0 heterocycles. The highest BCUT2D eigenvalue weighted by Crippen LogP contribution is 2.60. The van der Waals surface area contributed by atoms with Crippen molar-refractivity contribution in [1.82, 2.24) is 0 Å². The molecule has 2 aliphatic carbocycles. The van der Waals surface area contributed by atoms with Gasteiger partial charge in [0.25, 0.3) is 0 Å². The minimum absolute atomic E-state index is 0.0120. The molecule has 0 atom stereocenters. The van der Waals surface area contributed by atoms with Gasteiger partial charge in [0.1, 0.15) is 5.75 Å². The Morgan fingerprint density at radius 3 is 2.68 bits per heavy atom. The van der Waals surface area contributed by atoms with Crippen LogP contribution in [-0.4, -0.2) is 22.8 Å². The van der Waals surface area contributed by atoms with E-state index in [0.717, 1.165) is 43.4 Å². The number of rotatable bonds is 9. The second-order valence-electron chi connectivity index (χ2n) is 8.21. The first kappa shape index (κ1) is 18.2. The second-order valence-corrected chi connectivity index (χ2v) is 8.21. The third-order valence-electron chi connectivity index (χ3n) is 5.83. The van der Waals surface area contributed by atoms with Crippen LogP contribution in [0.5, 0.6) is 5.75 Å². The van der Waals surface area contributed by atoms with E-state index in [1.807, 2.05) is 26.0 Å². The maximum atomic E-state index is 10.8. The van der Waals surface area contributed by atoms with Crippen molar-refractivity contribution in [2.45, 2.75) is 83.5 Å². The van der Waals surface area contributed by atoms with E-state index >= 15 is 0 Å². The van der Waals surface area contributed by atoms with Crippen molar-refractivity contribution in [1.29, 1.82) is 0 Å². The fraction of sp³-hybridized carbons (Fsp3) is 0.667. The number of hydrogen-bond acceptors (Lipinski definition) is 3. The van der Waals surface area contributed by atoms with Crippen molar-refractivity contribution in [3.63, 3.8) is 0 Å². The van der Waals surface area contributed by atoms with Gasteiger partial charge >= 0.3 is 5.97 Å². The minimum Gasteiger partial charge on any atom is -0.491 e. The molecule has 1 N–H and O–H groups in total. The van der Waals surface area contributed by atoms with Gasteiger partial charge in [0.05, 0.1) is 18.3 Å². The van der Waals surface area contributed by atoms with Crippen molar-refractivity contribution < 1.29 is 19.4 Å². The van der Waals surface area contributed by atoms with Gasteiger partial charge in [0.2, 0.25) is 0 Å². The van der Waals surface area contributed by atoms with Gasteiger partial charge < -0.3 is 14.6 Å². The number of benzene rings is 1. The second kappa shape index (κ2) is 7.36. The maximum Gasteiger partial charge on any atom is 0.303 e. The van der Waals surface area contributed by atoms with Gasteiger partial charge in [0, 0.05) is 6.42 Å². The Balaban J connectivity index is 1.53. The lowest BCUT2D eigenvalue weighted by Gasteiger charge is -2.28. The van der Waals surface area contributed by atoms with E-state index in [1.54, 1.807) is 0 Å². The monoisotopic (exact) mass is 346 g/mol. The Bertz CT molecular complexity index is 600. The van der Waals surface area contributed by atoms with Crippen LogP contribution in [0.2, 0.25) is 0 Å². The van der Waals surface area contributed by atoms with Gasteiger partial charge in [-0.15, -0.1) is 0 Å². The third kappa shape index (κ3) is 4.55. The molecule has 0 amide bonds. The quantitative estimate of drug-likeness (QED) is 0.687. The molecule has 1 aromatic rings. The summed E-state index contributed by atoms with van der Waals surface area (Å²) in [6, 6.07) is 8.17. The van der Waals surface area contributed by atoms with Crippen molar-refractivity contribution in [3.05, 3.63) is 29.8 Å². The molecule has 2 saturated carbocycles. The molecular weight excluding hydrogens is 316 g/mol. The van der Waals surface area contributed by atoms with E-state index < -0.39 is 5.97 Å². The number of fused-ring (bicyclic) bond motifs is 2. The molecule has 2 fully saturated rings. The maximum absolute atomic E-state index is 10.8. The molecule has 2 aliphatic rings. The van der Waals surface area contributed by atoms with Crippen LogP contribution in [0.1, 0.15) is 70.8 Å². The molecule has 4 nitrogen and oxygen atoms in total. The van der Waals surface area contributed by atoms with E-state index in [4.69, 9.17) is 14.6 Å².